The second-order valence-electron chi connectivity index (χ2n) is 7.11. The highest BCUT2D eigenvalue weighted by Crippen LogP contribution is 2.33. The number of carbonyl (C=O) groups is 1. The van der Waals surface area contributed by atoms with Gasteiger partial charge in [-0.25, -0.2) is 8.78 Å². The molecular weight excluding hydrogens is 386 g/mol. The fourth-order valence-corrected chi connectivity index (χ4v) is 4.05. The predicted octanol–water partition coefficient (Wildman–Crippen LogP) is 3.86. The molecule has 2 heterocycles. The summed E-state index contributed by atoms with van der Waals surface area (Å²) in [5.41, 5.74) is 0.698. The van der Waals surface area contributed by atoms with E-state index < -0.39 is 17.7 Å². The van der Waals surface area contributed by atoms with Crippen molar-refractivity contribution in [3.63, 3.8) is 0 Å². The van der Waals surface area contributed by atoms with Crippen LogP contribution in [0.2, 0.25) is 0 Å². The van der Waals surface area contributed by atoms with Crippen molar-refractivity contribution in [2.24, 2.45) is 0 Å². The Balaban J connectivity index is 0.00000225. The third kappa shape index (κ3) is 4.13. The number of nitrogens with one attached hydrogen (secondary N) is 1. The molecular formula is C21H23ClF2N2O2. The summed E-state index contributed by atoms with van der Waals surface area (Å²) >= 11 is 0. The lowest BCUT2D eigenvalue weighted by atomic mass is 10.1. The quantitative estimate of drug-likeness (QED) is 0.835. The van der Waals surface area contributed by atoms with E-state index in [9.17, 15) is 13.6 Å². The maximum absolute atomic E-state index is 13.6. The first-order valence-corrected chi connectivity index (χ1v) is 9.33. The van der Waals surface area contributed by atoms with Crippen LogP contribution in [0.5, 0.6) is 5.75 Å². The normalized spacial score (nSPS) is 22.1. The third-order valence-electron chi connectivity index (χ3n) is 5.38. The molecule has 1 amide bonds. The topological polar surface area (TPSA) is 41.6 Å². The van der Waals surface area contributed by atoms with E-state index in [0.717, 1.165) is 44.5 Å². The average molecular weight is 409 g/mol. The summed E-state index contributed by atoms with van der Waals surface area (Å²) < 4.78 is 32.8. The van der Waals surface area contributed by atoms with Crippen molar-refractivity contribution >= 4 is 18.3 Å². The maximum Gasteiger partial charge on any atom is 0.268 e. The minimum Gasteiger partial charge on any atom is -0.476 e. The van der Waals surface area contributed by atoms with E-state index in [2.05, 4.69) is 5.32 Å². The molecule has 2 aliphatic heterocycles. The average Bonchev–Trinajstić information content (AvgIpc) is 2.95. The summed E-state index contributed by atoms with van der Waals surface area (Å²) in [6, 6.07) is 12.9. The van der Waals surface area contributed by atoms with Gasteiger partial charge < -0.3 is 15.0 Å². The van der Waals surface area contributed by atoms with E-state index in [1.165, 1.54) is 6.07 Å². The molecule has 2 aromatic carbocycles. The largest absolute Gasteiger partial charge is 0.476 e. The molecule has 0 saturated carbocycles. The minimum absolute atomic E-state index is 0. The molecule has 2 aromatic rings. The van der Waals surface area contributed by atoms with Gasteiger partial charge >= 0.3 is 0 Å². The van der Waals surface area contributed by atoms with Crippen molar-refractivity contribution in [2.75, 3.05) is 13.1 Å². The Morgan fingerprint density at radius 1 is 1.04 bits per heavy atom. The molecule has 7 heteroatoms. The van der Waals surface area contributed by atoms with Gasteiger partial charge in [0.25, 0.3) is 5.91 Å². The zero-order valence-corrected chi connectivity index (χ0v) is 16.1. The van der Waals surface area contributed by atoms with Crippen molar-refractivity contribution in [1.82, 2.24) is 10.2 Å². The molecule has 3 atom stereocenters. The molecule has 1 N–H and O–H groups in total. The molecule has 28 heavy (non-hydrogen) atoms. The number of hydrogen-bond acceptors (Lipinski definition) is 3. The number of fused-ring (bicyclic) bond motifs is 2. The van der Waals surface area contributed by atoms with Crippen LogP contribution in [-0.4, -0.2) is 36.0 Å². The Hall–Kier alpha value is -2.18. The Morgan fingerprint density at radius 2 is 1.79 bits per heavy atom. The summed E-state index contributed by atoms with van der Waals surface area (Å²) in [4.78, 5) is 15.4. The molecule has 4 nitrogen and oxygen atoms in total. The highest BCUT2D eigenvalue weighted by Gasteiger charge is 2.41. The van der Waals surface area contributed by atoms with Gasteiger partial charge in [-0.05, 0) is 37.9 Å². The van der Waals surface area contributed by atoms with Crippen LogP contribution in [0.4, 0.5) is 8.78 Å². The zero-order chi connectivity index (χ0) is 18.8. The summed E-state index contributed by atoms with van der Waals surface area (Å²) in [5, 5.41) is 3.38. The van der Waals surface area contributed by atoms with Crippen LogP contribution in [-0.2, 0) is 4.79 Å². The fourth-order valence-electron chi connectivity index (χ4n) is 4.05. The van der Waals surface area contributed by atoms with E-state index in [4.69, 9.17) is 4.74 Å². The molecule has 4 rings (SSSR count). The molecule has 0 aromatic heterocycles. The number of hydrogen-bond donors (Lipinski definition) is 1. The van der Waals surface area contributed by atoms with Gasteiger partial charge in [0.15, 0.2) is 11.6 Å². The smallest absolute Gasteiger partial charge is 0.268 e. The van der Waals surface area contributed by atoms with Crippen molar-refractivity contribution in [1.29, 1.82) is 0 Å². The molecule has 0 aliphatic carbocycles. The summed E-state index contributed by atoms with van der Waals surface area (Å²) in [6.45, 7) is 1.67. The van der Waals surface area contributed by atoms with Crippen LogP contribution < -0.4 is 10.1 Å². The summed E-state index contributed by atoms with van der Waals surface area (Å²) in [5.74, 6) is -1.93. The van der Waals surface area contributed by atoms with E-state index >= 15 is 0 Å². The predicted molar refractivity (Wildman–Crippen MR) is 105 cm³/mol. The molecule has 2 bridgehead atoms. The van der Waals surface area contributed by atoms with Crippen molar-refractivity contribution in [3.8, 4) is 5.75 Å². The number of rotatable bonds is 4. The maximum atomic E-state index is 13.6. The standard InChI is InChI=1S/C21H22F2N2O2.ClH/c22-18-9-8-17(12-19(18)23)27-20(14-4-2-1-3-5-14)21(26)25-15-6-7-16(25)13-24-11-10-15;/h1-5,8-9,12,15-16,20,24H,6-7,10-11,13H2;1H. The van der Waals surface area contributed by atoms with E-state index in [1.54, 1.807) is 0 Å². The molecule has 3 unspecified atom stereocenters. The second kappa shape index (κ2) is 8.88. The number of amides is 1. The van der Waals surface area contributed by atoms with Gasteiger partial charge in [-0.3, -0.25) is 4.79 Å². The summed E-state index contributed by atoms with van der Waals surface area (Å²) in [6.07, 6.45) is 1.98. The molecule has 2 aliphatic rings. The number of halogens is 3. The van der Waals surface area contributed by atoms with Crippen LogP contribution in [0, 0.1) is 11.6 Å². The van der Waals surface area contributed by atoms with Gasteiger partial charge in [0, 0.05) is 30.3 Å². The second-order valence-corrected chi connectivity index (χ2v) is 7.11. The Morgan fingerprint density at radius 3 is 2.54 bits per heavy atom. The Bertz CT molecular complexity index is 807. The first-order chi connectivity index (χ1) is 13.1. The number of ether oxygens (including phenoxy) is 1. The molecule has 0 spiro atoms. The number of nitrogens with zero attached hydrogens (tertiary/aromatic N) is 1. The number of carbonyl (C=O) groups excluding carboxylic acids is 1. The zero-order valence-electron chi connectivity index (χ0n) is 15.3. The van der Waals surface area contributed by atoms with E-state index in [0.29, 0.717) is 5.56 Å². The van der Waals surface area contributed by atoms with Gasteiger partial charge in [-0.2, -0.15) is 0 Å². The summed E-state index contributed by atoms with van der Waals surface area (Å²) in [7, 11) is 0. The van der Waals surface area contributed by atoms with Crippen LogP contribution in [0.15, 0.2) is 48.5 Å². The van der Waals surface area contributed by atoms with Crippen LogP contribution in [0.1, 0.15) is 30.9 Å². The Labute approximate surface area is 169 Å². The monoisotopic (exact) mass is 408 g/mol. The van der Waals surface area contributed by atoms with E-state index in [-0.39, 0.29) is 36.1 Å². The highest BCUT2D eigenvalue weighted by atomic mass is 35.5. The van der Waals surface area contributed by atoms with Gasteiger partial charge in [-0.15, -0.1) is 12.4 Å². The van der Waals surface area contributed by atoms with Gasteiger partial charge in [0.1, 0.15) is 5.75 Å². The van der Waals surface area contributed by atoms with Crippen LogP contribution in [0.3, 0.4) is 0 Å². The van der Waals surface area contributed by atoms with E-state index in [1.807, 2.05) is 35.2 Å². The van der Waals surface area contributed by atoms with Crippen molar-refractivity contribution in [2.45, 2.75) is 37.5 Å². The fraction of sp³-hybridized carbons (Fsp3) is 0.381. The lowest BCUT2D eigenvalue weighted by Crippen LogP contribution is -2.46. The molecule has 2 fully saturated rings. The van der Waals surface area contributed by atoms with Gasteiger partial charge in [-0.1, -0.05) is 30.3 Å². The minimum atomic E-state index is -0.995. The van der Waals surface area contributed by atoms with Crippen LogP contribution in [0.25, 0.3) is 0 Å². The van der Waals surface area contributed by atoms with Gasteiger partial charge in [0.2, 0.25) is 6.10 Å². The van der Waals surface area contributed by atoms with Crippen molar-refractivity contribution < 1.29 is 18.3 Å². The van der Waals surface area contributed by atoms with Crippen molar-refractivity contribution in [3.05, 3.63) is 65.7 Å². The molecule has 150 valence electrons. The first-order valence-electron chi connectivity index (χ1n) is 9.33. The lowest BCUT2D eigenvalue weighted by molar-refractivity contribution is -0.141. The van der Waals surface area contributed by atoms with Crippen LogP contribution >= 0.6 is 12.4 Å². The third-order valence-corrected chi connectivity index (χ3v) is 5.38. The SMILES string of the molecule is Cl.O=C(C(Oc1ccc(F)c(F)c1)c1ccccc1)N1C2CCNCC1CC2. The molecule has 2 saturated heterocycles. The number of benzene rings is 2. The van der Waals surface area contributed by atoms with Gasteiger partial charge in [0.05, 0.1) is 0 Å². The first kappa shape index (κ1) is 20.6. The Kier molecular flexibility index (Phi) is 6.52. The lowest BCUT2D eigenvalue weighted by Gasteiger charge is -2.32. The highest BCUT2D eigenvalue weighted by molar-refractivity contribution is 5.85. The molecule has 0 radical (unpaired) electrons.